The number of fused-ring (bicyclic) bond motifs is 1. The molecule has 0 amide bonds. The lowest BCUT2D eigenvalue weighted by Crippen LogP contribution is -2.28. The molecule has 0 unspecified atom stereocenters. The van der Waals surface area contributed by atoms with E-state index in [9.17, 15) is 0 Å². The number of hydrogen-bond donors (Lipinski definition) is 1. The van der Waals surface area contributed by atoms with Crippen LogP contribution < -0.4 is 5.32 Å². The molecule has 4 rings (SSSR count). The van der Waals surface area contributed by atoms with E-state index in [-0.39, 0.29) is 0 Å². The monoisotopic (exact) mass is 395 g/mol. The molecule has 0 atom stereocenters. The summed E-state index contributed by atoms with van der Waals surface area (Å²) < 4.78 is 2.44. The molecule has 1 saturated heterocycles. The normalized spacial score (nSPS) is 15.2. The molecule has 1 aliphatic heterocycles. The smallest absolute Gasteiger partial charge is 0.0483 e. The number of aromatic nitrogens is 1. The molecule has 3 aromatic rings. The molecule has 1 aromatic heterocycles. The minimum absolute atomic E-state index is 0.770. The fraction of sp³-hybridized carbons (Fsp3) is 0.417. The van der Waals surface area contributed by atoms with Crippen LogP contribution in [0.4, 0.5) is 5.69 Å². The Bertz CT molecular complexity index is 907. The molecule has 0 spiro atoms. The lowest BCUT2D eigenvalue weighted by molar-refractivity contribution is 0.221. The maximum atomic E-state index is 5.99. The molecule has 2 aromatic carbocycles. The highest BCUT2D eigenvalue weighted by atomic mass is 35.5. The molecule has 148 valence electrons. The molecular formula is C24H30ClN3. The maximum absolute atomic E-state index is 5.99. The number of likely N-dealkylation sites (tertiary alicyclic amines) is 1. The van der Waals surface area contributed by atoms with Gasteiger partial charge in [0.25, 0.3) is 0 Å². The summed E-state index contributed by atoms with van der Waals surface area (Å²) >= 11 is 5.99. The van der Waals surface area contributed by atoms with Gasteiger partial charge < -0.3 is 9.88 Å². The van der Waals surface area contributed by atoms with Crippen molar-refractivity contribution >= 4 is 28.2 Å². The highest BCUT2D eigenvalue weighted by molar-refractivity contribution is 6.30. The van der Waals surface area contributed by atoms with Gasteiger partial charge in [-0.1, -0.05) is 31.0 Å². The molecule has 2 heterocycles. The first kappa shape index (κ1) is 19.4. The van der Waals surface area contributed by atoms with Gasteiger partial charge in [-0.2, -0.15) is 0 Å². The quantitative estimate of drug-likeness (QED) is 0.506. The van der Waals surface area contributed by atoms with E-state index in [1.54, 1.807) is 0 Å². The van der Waals surface area contributed by atoms with Gasteiger partial charge in [-0.15, -0.1) is 0 Å². The van der Waals surface area contributed by atoms with Gasteiger partial charge in [-0.25, -0.2) is 0 Å². The van der Waals surface area contributed by atoms with Crippen molar-refractivity contribution in [2.75, 3.05) is 18.4 Å². The molecular weight excluding hydrogens is 366 g/mol. The third-order valence-corrected chi connectivity index (χ3v) is 5.93. The van der Waals surface area contributed by atoms with Crippen LogP contribution in [0.15, 0.2) is 48.7 Å². The number of benzene rings is 2. The van der Waals surface area contributed by atoms with E-state index in [0.29, 0.717) is 0 Å². The zero-order valence-electron chi connectivity index (χ0n) is 16.8. The summed E-state index contributed by atoms with van der Waals surface area (Å²) in [6, 6.07) is 14.8. The topological polar surface area (TPSA) is 20.2 Å². The van der Waals surface area contributed by atoms with Gasteiger partial charge in [0.1, 0.15) is 0 Å². The summed E-state index contributed by atoms with van der Waals surface area (Å²) in [4.78, 5) is 2.62. The second-order valence-electron chi connectivity index (χ2n) is 7.90. The number of piperidine rings is 1. The van der Waals surface area contributed by atoms with Crippen molar-refractivity contribution in [1.29, 1.82) is 0 Å². The predicted molar refractivity (Wildman–Crippen MR) is 120 cm³/mol. The van der Waals surface area contributed by atoms with Gasteiger partial charge in [-0.3, -0.25) is 4.90 Å². The number of rotatable bonds is 7. The molecule has 1 N–H and O–H groups in total. The van der Waals surface area contributed by atoms with E-state index in [4.69, 9.17) is 11.6 Å². The third-order valence-electron chi connectivity index (χ3n) is 5.68. The molecule has 0 radical (unpaired) electrons. The van der Waals surface area contributed by atoms with Crippen LogP contribution in [0.3, 0.4) is 0 Å². The van der Waals surface area contributed by atoms with Crippen molar-refractivity contribution < 1.29 is 0 Å². The number of nitrogens with one attached hydrogen (secondary N) is 1. The summed E-state index contributed by atoms with van der Waals surface area (Å²) in [6.45, 7) is 7.69. The second-order valence-corrected chi connectivity index (χ2v) is 8.33. The Kier molecular flexibility index (Phi) is 6.23. The molecule has 28 heavy (non-hydrogen) atoms. The van der Waals surface area contributed by atoms with Crippen molar-refractivity contribution in [1.82, 2.24) is 9.47 Å². The average molecular weight is 396 g/mol. The van der Waals surface area contributed by atoms with Crippen molar-refractivity contribution in [2.24, 2.45) is 0 Å². The SMILES string of the molecule is CCCn1cc(CN2CCCCC2)c2cc(CNc3ccc(Cl)cc3)ccc21. The minimum Gasteiger partial charge on any atom is -0.381 e. The van der Waals surface area contributed by atoms with Crippen molar-refractivity contribution in [2.45, 2.75) is 52.2 Å². The molecule has 0 aliphatic carbocycles. The maximum Gasteiger partial charge on any atom is 0.0483 e. The van der Waals surface area contributed by atoms with Gasteiger partial charge in [0.05, 0.1) is 0 Å². The summed E-state index contributed by atoms with van der Waals surface area (Å²) in [7, 11) is 0. The summed E-state index contributed by atoms with van der Waals surface area (Å²) in [6.07, 6.45) is 7.61. The largest absolute Gasteiger partial charge is 0.381 e. The lowest BCUT2D eigenvalue weighted by atomic mass is 10.1. The fourth-order valence-corrected chi connectivity index (χ4v) is 4.34. The van der Waals surface area contributed by atoms with Crippen LogP contribution in [0.5, 0.6) is 0 Å². The van der Waals surface area contributed by atoms with Crippen LogP contribution in [-0.4, -0.2) is 22.6 Å². The van der Waals surface area contributed by atoms with E-state index in [1.165, 1.54) is 54.4 Å². The number of anilines is 1. The highest BCUT2D eigenvalue weighted by Gasteiger charge is 2.15. The molecule has 1 aliphatic rings. The van der Waals surface area contributed by atoms with Crippen LogP contribution in [0.1, 0.15) is 43.7 Å². The van der Waals surface area contributed by atoms with E-state index in [1.807, 2.05) is 24.3 Å². The van der Waals surface area contributed by atoms with E-state index in [2.05, 4.69) is 46.1 Å². The third kappa shape index (κ3) is 4.53. The Morgan fingerprint density at radius 1 is 1.00 bits per heavy atom. The van der Waals surface area contributed by atoms with E-state index >= 15 is 0 Å². The van der Waals surface area contributed by atoms with Crippen LogP contribution in [0.25, 0.3) is 10.9 Å². The Hall–Kier alpha value is -1.97. The summed E-state index contributed by atoms with van der Waals surface area (Å²) in [5.74, 6) is 0. The molecule has 4 heteroatoms. The minimum atomic E-state index is 0.770. The average Bonchev–Trinajstić information content (AvgIpc) is 3.05. The highest BCUT2D eigenvalue weighted by Crippen LogP contribution is 2.26. The van der Waals surface area contributed by atoms with Gasteiger partial charge in [0, 0.05) is 47.4 Å². The summed E-state index contributed by atoms with van der Waals surface area (Å²) in [5, 5.41) is 5.69. The Morgan fingerprint density at radius 2 is 1.79 bits per heavy atom. The van der Waals surface area contributed by atoms with E-state index in [0.717, 1.165) is 36.8 Å². The number of nitrogens with zero attached hydrogens (tertiary/aromatic N) is 2. The van der Waals surface area contributed by atoms with Crippen LogP contribution in [0.2, 0.25) is 5.02 Å². The van der Waals surface area contributed by atoms with Gasteiger partial charge >= 0.3 is 0 Å². The van der Waals surface area contributed by atoms with Crippen LogP contribution in [0, 0.1) is 0 Å². The molecule has 1 fully saturated rings. The first-order valence-corrected chi connectivity index (χ1v) is 10.9. The van der Waals surface area contributed by atoms with Crippen molar-refractivity contribution in [3.8, 4) is 0 Å². The zero-order chi connectivity index (χ0) is 19.3. The van der Waals surface area contributed by atoms with Crippen LogP contribution in [-0.2, 0) is 19.6 Å². The number of halogens is 1. The predicted octanol–water partition coefficient (Wildman–Crippen LogP) is 6.30. The van der Waals surface area contributed by atoms with Gasteiger partial charge in [0.2, 0.25) is 0 Å². The van der Waals surface area contributed by atoms with Gasteiger partial charge in [0.15, 0.2) is 0 Å². The first-order chi connectivity index (χ1) is 13.7. The number of hydrogen-bond acceptors (Lipinski definition) is 2. The lowest BCUT2D eigenvalue weighted by Gasteiger charge is -2.26. The zero-order valence-corrected chi connectivity index (χ0v) is 17.5. The van der Waals surface area contributed by atoms with Crippen molar-refractivity contribution in [3.63, 3.8) is 0 Å². The molecule has 3 nitrogen and oxygen atoms in total. The summed E-state index contributed by atoms with van der Waals surface area (Å²) in [5.41, 5.74) is 5.25. The Morgan fingerprint density at radius 3 is 2.54 bits per heavy atom. The fourth-order valence-electron chi connectivity index (χ4n) is 4.21. The molecule has 0 saturated carbocycles. The first-order valence-electron chi connectivity index (χ1n) is 10.6. The standard InChI is InChI=1S/C24H30ClN3/c1-2-12-28-18-20(17-27-13-4-3-5-14-27)23-15-19(6-11-24(23)28)16-26-22-9-7-21(25)8-10-22/h6-11,15,18,26H,2-5,12-14,16-17H2,1H3. The molecule has 0 bridgehead atoms. The Balaban J connectivity index is 1.56. The second kappa shape index (κ2) is 9.02. The van der Waals surface area contributed by atoms with Gasteiger partial charge in [-0.05, 0) is 79.9 Å². The van der Waals surface area contributed by atoms with E-state index < -0.39 is 0 Å². The van der Waals surface area contributed by atoms with Crippen molar-refractivity contribution in [3.05, 3.63) is 64.8 Å². The Labute approximate surface area is 173 Å². The number of aryl methyl sites for hydroxylation is 1. The van der Waals surface area contributed by atoms with Crippen LogP contribution >= 0.6 is 11.6 Å².